The van der Waals surface area contributed by atoms with Crippen LogP contribution in [0.4, 0.5) is 11.4 Å². The van der Waals surface area contributed by atoms with Gasteiger partial charge in [-0.05, 0) is 61.0 Å². The van der Waals surface area contributed by atoms with Crippen LogP contribution in [0.5, 0.6) is 5.75 Å². The molecule has 0 aliphatic heterocycles. The Bertz CT molecular complexity index is 623. The van der Waals surface area contributed by atoms with Gasteiger partial charge < -0.3 is 15.4 Å². The molecular formula is C18H22N2OS. The molecule has 0 fully saturated rings. The van der Waals surface area contributed by atoms with Crippen LogP contribution < -0.4 is 15.4 Å². The third kappa shape index (κ3) is 4.46. The van der Waals surface area contributed by atoms with Gasteiger partial charge in [-0.2, -0.15) is 0 Å². The molecule has 2 N–H and O–H groups in total. The average Bonchev–Trinajstić information content (AvgIpc) is 2.50. The standard InChI is InChI=1S/C18H22N2OS/c1-4-21-15-11-9-14(10-12-15)19-18(22)20-17-8-6-5-7-16(17)13(2)3/h5-13H,4H2,1-3H3,(H2,19,20,22). The van der Waals surface area contributed by atoms with Crippen molar-refractivity contribution in [2.75, 3.05) is 17.2 Å². The number of ether oxygens (including phenoxy) is 1. The van der Waals surface area contributed by atoms with E-state index < -0.39 is 0 Å². The van der Waals surface area contributed by atoms with Gasteiger partial charge in [0.15, 0.2) is 5.11 Å². The minimum Gasteiger partial charge on any atom is -0.494 e. The van der Waals surface area contributed by atoms with Crippen LogP contribution in [0, 0.1) is 0 Å². The van der Waals surface area contributed by atoms with Crippen LogP contribution in [0.15, 0.2) is 48.5 Å². The highest BCUT2D eigenvalue weighted by Crippen LogP contribution is 2.24. The van der Waals surface area contributed by atoms with E-state index in [4.69, 9.17) is 17.0 Å². The van der Waals surface area contributed by atoms with Crippen molar-refractivity contribution in [1.82, 2.24) is 0 Å². The van der Waals surface area contributed by atoms with Crippen LogP contribution in [0.3, 0.4) is 0 Å². The fraction of sp³-hybridized carbons (Fsp3) is 0.278. The maximum absolute atomic E-state index is 5.43. The summed E-state index contributed by atoms with van der Waals surface area (Å²) in [5, 5.41) is 7.04. The smallest absolute Gasteiger partial charge is 0.175 e. The van der Waals surface area contributed by atoms with E-state index in [1.54, 1.807) is 0 Å². The normalized spacial score (nSPS) is 10.4. The third-order valence-electron chi connectivity index (χ3n) is 3.25. The molecule has 0 aliphatic rings. The molecule has 0 unspecified atom stereocenters. The number of para-hydroxylation sites is 1. The zero-order valence-corrected chi connectivity index (χ0v) is 14.0. The second-order valence-corrected chi connectivity index (χ2v) is 5.69. The van der Waals surface area contributed by atoms with Crippen molar-refractivity contribution >= 4 is 28.7 Å². The molecule has 0 bridgehead atoms. The molecule has 2 aromatic rings. The lowest BCUT2D eigenvalue weighted by atomic mass is 10.0. The first kappa shape index (κ1) is 16.3. The Balaban J connectivity index is 2.01. The van der Waals surface area contributed by atoms with Gasteiger partial charge in [-0.1, -0.05) is 32.0 Å². The number of rotatable bonds is 5. The highest BCUT2D eigenvalue weighted by Gasteiger charge is 2.07. The van der Waals surface area contributed by atoms with E-state index in [2.05, 4.69) is 30.5 Å². The maximum atomic E-state index is 5.43. The van der Waals surface area contributed by atoms with Crippen molar-refractivity contribution in [2.24, 2.45) is 0 Å². The van der Waals surface area contributed by atoms with E-state index in [0.29, 0.717) is 17.6 Å². The Kier molecular flexibility index (Phi) is 5.78. The highest BCUT2D eigenvalue weighted by atomic mass is 32.1. The van der Waals surface area contributed by atoms with E-state index in [1.165, 1.54) is 5.56 Å². The average molecular weight is 314 g/mol. The molecule has 3 nitrogen and oxygen atoms in total. The maximum Gasteiger partial charge on any atom is 0.175 e. The molecule has 2 rings (SSSR count). The summed E-state index contributed by atoms with van der Waals surface area (Å²) in [7, 11) is 0. The molecule has 2 aromatic carbocycles. The fourth-order valence-electron chi connectivity index (χ4n) is 2.20. The van der Waals surface area contributed by atoms with Gasteiger partial charge in [0.05, 0.1) is 6.61 Å². The molecule has 0 aliphatic carbocycles. The number of hydrogen-bond acceptors (Lipinski definition) is 2. The van der Waals surface area contributed by atoms with Crippen LogP contribution in [0.2, 0.25) is 0 Å². The van der Waals surface area contributed by atoms with Gasteiger partial charge in [0, 0.05) is 11.4 Å². The van der Waals surface area contributed by atoms with E-state index in [9.17, 15) is 0 Å². The van der Waals surface area contributed by atoms with Crippen molar-refractivity contribution in [3.8, 4) is 5.75 Å². The van der Waals surface area contributed by atoms with E-state index in [0.717, 1.165) is 17.1 Å². The molecule has 0 radical (unpaired) electrons. The van der Waals surface area contributed by atoms with Crippen molar-refractivity contribution in [3.63, 3.8) is 0 Å². The van der Waals surface area contributed by atoms with Crippen LogP contribution in [-0.4, -0.2) is 11.7 Å². The summed E-state index contributed by atoms with van der Waals surface area (Å²) in [6.45, 7) is 6.98. The third-order valence-corrected chi connectivity index (χ3v) is 3.46. The largest absolute Gasteiger partial charge is 0.494 e. The summed E-state index contributed by atoms with van der Waals surface area (Å²) < 4.78 is 5.43. The summed E-state index contributed by atoms with van der Waals surface area (Å²) in [5.74, 6) is 1.30. The number of nitrogens with one attached hydrogen (secondary N) is 2. The van der Waals surface area contributed by atoms with Crippen LogP contribution >= 0.6 is 12.2 Å². The van der Waals surface area contributed by atoms with E-state index in [-0.39, 0.29) is 0 Å². The zero-order valence-electron chi connectivity index (χ0n) is 13.2. The Labute approximate surface area is 137 Å². The predicted octanol–water partition coefficient (Wildman–Crippen LogP) is 5.02. The minimum absolute atomic E-state index is 0.442. The molecule has 0 saturated carbocycles. The summed E-state index contributed by atoms with van der Waals surface area (Å²) in [6, 6.07) is 16.0. The lowest BCUT2D eigenvalue weighted by molar-refractivity contribution is 0.340. The number of thiocarbonyl (C=S) groups is 1. The summed E-state index contributed by atoms with van der Waals surface area (Å²) in [5.41, 5.74) is 3.22. The van der Waals surface area contributed by atoms with Gasteiger partial charge in [0.25, 0.3) is 0 Å². The zero-order chi connectivity index (χ0) is 15.9. The monoisotopic (exact) mass is 314 g/mol. The molecule has 22 heavy (non-hydrogen) atoms. The van der Waals surface area contributed by atoms with Crippen molar-refractivity contribution < 1.29 is 4.74 Å². The Morgan fingerprint density at radius 2 is 1.73 bits per heavy atom. The second kappa shape index (κ2) is 7.80. The number of anilines is 2. The minimum atomic E-state index is 0.442. The SMILES string of the molecule is CCOc1ccc(NC(=S)Nc2ccccc2C(C)C)cc1. The first-order valence-electron chi connectivity index (χ1n) is 7.50. The summed E-state index contributed by atoms with van der Waals surface area (Å²) >= 11 is 5.39. The van der Waals surface area contributed by atoms with Crippen LogP contribution in [0.1, 0.15) is 32.3 Å². The van der Waals surface area contributed by atoms with Gasteiger partial charge in [-0.25, -0.2) is 0 Å². The Morgan fingerprint density at radius 1 is 1.05 bits per heavy atom. The van der Waals surface area contributed by atoms with Crippen molar-refractivity contribution in [3.05, 3.63) is 54.1 Å². The van der Waals surface area contributed by atoms with Crippen molar-refractivity contribution in [1.29, 1.82) is 0 Å². The second-order valence-electron chi connectivity index (χ2n) is 5.28. The molecule has 0 spiro atoms. The van der Waals surface area contributed by atoms with E-state index >= 15 is 0 Å². The van der Waals surface area contributed by atoms with Crippen LogP contribution in [0.25, 0.3) is 0 Å². The summed E-state index contributed by atoms with van der Waals surface area (Å²) in [4.78, 5) is 0. The molecule has 0 atom stereocenters. The number of hydrogen-bond donors (Lipinski definition) is 2. The van der Waals surface area contributed by atoms with Gasteiger partial charge >= 0.3 is 0 Å². The van der Waals surface area contributed by atoms with Crippen LogP contribution in [-0.2, 0) is 0 Å². The topological polar surface area (TPSA) is 33.3 Å². The highest BCUT2D eigenvalue weighted by molar-refractivity contribution is 7.80. The van der Waals surface area contributed by atoms with Gasteiger partial charge in [0.1, 0.15) is 5.75 Å². The summed E-state index contributed by atoms with van der Waals surface area (Å²) in [6.07, 6.45) is 0. The number of benzene rings is 2. The lowest BCUT2D eigenvalue weighted by Crippen LogP contribution is -2.20. The molecule has 0 aromatic heterocycles. The molecule has 0 heterocycles. The van der Waals surface area contributed by atoms with Gasteiger partial charge in [-0.3, -0.25) is 0 Å². The molecule has 116 valence electrons. The van der Waals surface area contributed by atoms with Gasteiger partial charge in [0.2, 0.25) is 0 Å². The predicted molar refractivity (Wildman–Crippen MR) is 98.0 cm³/mol. The first-order valence-corrected chi connectivity index (χ1v) is 7.90. The molecular weight excluding hydrogens is 292 g/mol. The van der Waals surface area contributed by atoms with Crippen molar-refractivity contribution in [2.45, 2.75) is 26.7 Å². The molecule has 4 heteroatoms. The first-order chi connectivity index (χ1) is 10.6. The Morgan fingerprint density at radius 3 is 2.36 bits per heavy atom. The van der Waals surface area contributed by atoms with Gasteiger partial charge in [-0.15, -0.1) is 0 Å². The quantitative estimate of drug-likeness (QED) is 0.759. The fourth-order valence-corrected chi connectivity index (χ4v) is 2.43. The molecule has 0 saturated heterocycles. The molecule has 0 amide bonds. The lowest BCUT2D eigenvalue weighted by Gasteiger charge is -2.16. The van der Waals surface area contributed by atoms with E-state index in [1.807, 2.05) is 49.4 Å². The Hall–Kier alpha value is -2.07.